The Morgan fingerprint density at radius 3 is 2.28 bits per heavy atom. The van der Waals surface area contributed by atoms with Crippen LogP contribution in [-0.2, 0) is 6.54 Å². The van der Waals surface area contributed by atoms with Crippen LogP contribution in [-0.4, -0.2) is 25.0 Å². The van der Waals surface area contributed by atoms with E-state index in [0.717, 1.165) is 17.9 Å². The molecule has 0 aliphatic heterocycles. The molecule has 32 heavy (non-hydrogen) atoms. The number of thioether (sulfide) groups is 1. The molecule has 162 valence electrons. The molecule has 0 saturated carbocycles. The zero-order chi connectivity index (χ0) is 22.3. The third kappa shape index (κ3) is 5.78. The van der Waals surface area contributed by atoms with E-state index < -0.39 is 5.44 Å². The summed E-state index contributed by atoms with van der Waals surface area (Å²) in [6, 6.07) is 27.2. The van der Waals surface area contributed by atoms with Crippen LogP contribution in [0.4, 0.5) is 5.69 Å². The van der Waals surface area contributed by atoms with Gasteiger partial charge in [0.1, 0.15) is 5.44 Å². The van der Waals surface area contributed by atoms with Crippen molar-refractivity contribution in [2.24, 2.45) is 0 Å². The van der Waals surface area contributed by atoms with E-state index in [1.54, 1.807) is 11.8 Å². The number of anilines is 1. The van der Waals surface area contributed by atoms with Gasteiger partial charge in [0.15, 0.2) is 18.9 Å². The molecule has 4 heteroatoms. The SMILES string of the molecule is CN(C)c1ccc2cc(/C=C/c3cc[n+](CCSC(O)c4ccccc4)cc3)ccc2c1. The third-order valence-electron chi connectivity index (χ3n) is 5.46. The number of pyridine rings is 1. The van der Waals surface area contributed by atoms with E-state index in [2.05, 4.69) is 96.6 Å². The normalized spacial score (nSPS) is 12.3. The summed E-state index contributed by atoms with van der Waals surface area (Å²) in [4.78, 5) is 2.12. The van der Waals surface area contributed by atoms with E-state index in [4.69, 9.17) is 0 Å². The van der Waals surface area contributed by atoms with Gasteiger partial charge < -0.3 is 10.0 Å². The summed E-state index contributed by atoms with van der Waals surface area (Å²) in [5, 5.41) is 12.8. The fraction of sp³-hybridized carbons (Fsp3) is 0.179. The van der Waals surface area contributed by atoms with Crippen molar-refractivity contribution in [2.75, 3.05) is 24.7 Å². The molecule has 4 aromatic rings. The van der Waals surface area contributed by atoms with Gasteiger partial charge in [-0.15, -0.1) is 11.8 Å². The molecule has 0 aliphatic carbocycles. The summed E-state index contributed by atoms with van der Waals surface area (Å²) in [5.41, 5.74) is 4.05. The van der Waals surface area contributed by atoms with E-state index in [1.807, 2.05) is 30.3 Å². The molecule has 1 atom stereocenters. The molecule has 4 rings (SSSR count). The van der Waals surface area contributed by atoms with Crippen LogP contribution in [0.3, 0.4) is 0 Å². The van der Waals surface area contributed by atoms with Gasteiger partial charge in [0.25, 0.3) is 0 Å². The zero-order valence-electron chi connectivity index (χ0n) is 18.6. The quantitative estimate of drug-likeness (QED) is 0.277. The van der Waals surface area contributed by atoms with Gasteiger partial charge in [0, 0.05) is 31.9 Å². The van der Waals surface area contributed by atoms with Gasteiger partial charge in [0.2, 0.25) is 0 Å². The monoisotopic (exact) mass is 441 g/mol. The van der Waals surface area contributed by atoms with Crippen molar-refractivity contribution < 1.29 is 9.67 Å². The van der Waals surface area contributed by atoms with E-state index in [1.165, 1.54) is 27.6 Å². The maximum absolute atomic E-state index is 10.3. The number of aryl methyl sites for hydroxylation is 1. The first-order chi connectivity index (χ1) is 15.6. The molecule has 3 nitrogen and oxygen atoms in total. The molecule has 0 radical (unpaired) electrons. The van der Waals surface area contributed by atoms with Crippen molar-refractivity contribution in [3.05, 3.63) is 108 Å². The van der Waals surface area contributed by atoms with Gasteiger partial charge in [-0.05, 0) is 45.7 Å². The van der Waals surface area contributed by atoms with Crippen LogP contribution in [0.5, 0.6) is 0 Å². The number of hydrogen-bond donors (Lipinski definition) is 1. The van der Waals surface area contributed by atoms with E-state index in [-0.39, 0.29) is 0 Å². The fourth-order valence-electron chi connectivity index (χ4n) is 3.54. The van der Waals surface area contributed by atoms with Gasteiger partial charge in [-0.3, -0.25) is 0 Å². The van der Waals surface area contributed by atoms with Crippen molar-refractivity contribution in [3.63, 3.8) is 0 Å². The highest BCUT2D eigenvalue weighted by Crippen LogP contribution is 2.25. The topological polar surface area (TPSA) is 27.4 Å². The van der Waals surface area contributed by atoms with Crippen molar-refractivity contribution in [1.82, 2.24) is 0 Å². The minimum Gasteiger partial charge on any atom is -0.378 e. The third-order valence-corrected chi connectivity index (χ3v) is 6.47. The molecule has 1 unspecified atom stereocenters. The Labute approximate surface area is 194 Å². The minimum atomic E-state index is -0.476. The van der Waals surface area contributed by atoms with Crippen LogP contribution in [0.1, 0.15) is 22.1 Å². The number of hydrogen-bond acceptors (Lipinski definition) is 3. The van der Waals surface area contributed by atoms with Crippen LogP contribution in [0, 0.1) is 0 Å². The predicted octanol–water partition coefficient (Wildman–Crippen LogP) is 5.79. The Bertz CT molecular complexity index is 1190. The summed E-state index contributed by atoms with van der Waals surface area (Å²) in [5.74, 6) is 0.850. The Hall–Kier alpha value is -3.08. The van der Waals surface area contributed by atoms with Crippen LogP contribution in [0.25, 0.3) is 22.9 Å². The minimum absolute atomic E-state index is 0.476. The summed E-state index contributed by atoms with van der Waals surface area (Å²) >= 11 is 1.56. The van der Waals surface area contributed by atoms with Gasteiger partial charge in [0.05, 0.1) is 5.75 Å². The van der Waals surface area contributed by atoms with E-state index in [0.29, 0.717) is 0 Å². The van der Waals surface area contributed by atoms with Crippen molar-refractivity contribution in [1.29, 1.82) is 0 Å². The Kier molecular flexibility index (Phi) is 7.25. The molecule has 1 heterocycles. The molecule has 1 N–H and O–H groups in total. The maximum atomic E-state index is 10.3. The molecule has 0 saturated heterocycles. The van der Waals surface area contributed by atoms with Crippen molar-refractivity contribution in [2.45, 2.75) is 12.0 Å². The molecule has 1 aromatic heterocycles. The molecule has 0 fully saturated rings. The van der Waals surface area contributed by atoms with E-state index >= 15 is 0 Å². The Balaban J connectivity index is 1.33. The fourth-order valence-corrected chi connectivity index (χ4v) is 4.43. The lowest BCUT2D eigenvalue weighted by atomic mass is 10.1. The summed E-state index contributed by atoms with van der Waals surface area (Å²) in [6.45, 7) is 0.859. The number of aliphatic hydroxyl groups excluding tert-OH is 1. The summed E-state index contributed by atoms with van der Waals surface area (Å²) in [7, 11) is 4.13. The van der Waals surface area contributed by atoms with Crippen LogP contribution >= 0.6 is 11.8 Å². The standard InChI is InChI=1S/C28H29N2OS/c1-29(2)27-13-12-25-20-23(10-11-26(25)21-27)9-8-22-14-16-30(17-15-22)18-19-32-28(31)24-6-4-3-5-7-24/h3-17,20-21,28,31H,18-19H2,1-2H3/q+1. The first-order valence-corrected chi connectivity index (χ1v) is 11.9. The van der Waals surface area contributed by atoms with Crippen molar-refractivity contribution >= 4 is 40.4 Å². The van der Waals surface area contributed by atoms with Crippen LogP contribution < -0.4 is 9.47 Å². The number of benzene rings is 3. The second kappa shape index (κ2) is 10.5. The van der Waals surface area contributed by atoms with Gasteiger partial charge in [-0.25, -0.2) is 4.57 Å². The number of rotatable bonds is 8. The van der Waals surface area contributed by atoms with E-state index in [9.17, 15) is 5.11 Å². The average Bonchev–Trinajstić information content (AvgIpc) is 2.83. The highest BCUT2D eigenvalue weighted by molar-refractivity contribution is 7.99. The first-order valence-electron chi connectivity index (χ1n) is 10.8. The average molecular weight is 442 g/mol. The molecule has 0 aliphatic rings. The lowest BCUT2D eigenvalue weighted by Crippen LogP contribution is -2.33. The maximum Gasteiger partial charge on any atom is 0.169 e. The van der Waals surface area contributed by atoms with Gasteiger partial charge >= 0.3 is 0 Å². The smallest absolute Gasteiger partial charge is 0.169 e. The van der Waals surface area contributed by atoms with Crippen molar-refractivity contribution in [3.8, 4) is 0 Å². The Morgan fingerprint density at radius 2 is 1.53 bits per heavy atom. The summed E-state index contributed by atoms with van der Waals surface area (Å²) in [6.07, 6.45) is 8.50. The number of fused-ring (bicyclic) bond motifs is 1. The largest absolute Gasteiger partial charge is 0.378 e. The second-order valence-electron chi connectivity index (χ2n) is 8.02. The molecule has 0 bridgehead atoms. The van der Waals surface area contributed by atoms with Crippen LogP contribution in [0.2, 0.25) is 0 Å². The molecular formula is C28H29N2OS+. The Morgan fingerprint density at radius 1 is 0.844 bits per heavy atom. The summed E-state index contributed by atoms with van der Waals surface area (Å²) < 4.78 is 2.15. The lowest BCUT2D eigenvalue weighted by molar-refractivity contribution is -0.692. The van der Waals surface area contributed by atoms with Crippen LogP contribution in [0.15, 0.2) is 91.3 Å². The lowest BCUT2D eigenvalue weighted by Gasteiger charge is -2.13. The second-order valence-corrected chi connectivity index (χ2v) is 9.21. The number of nitrogens with zero attached hydrogens (tertiary/aromatic N) is 2. The molecule has 0 amide bonds. The predicted molar refractivity (Wildman–Crippen MR) is 138 cm³/mol. The highest BCUT2D eigenvalue weighted by Gasteiger charge is 2.09. The molecular weight excluding hydrogens is 412 g/mol. The molecule has 3 aromatic carbocycles. The van der Waals surface area contributed by atoms with Gasteiger partial charge in [-0.2, -0.15) is 0 Å². The number of aromatic nitrogens is 1. The highest BCUT2D eigenvalue weighted by atomic mass is 32.2. The molecule has 0 spiro atoms. The van der Waals surface area contributed by atoms with Gasteiger partial charge in [-0.1, -0.05) is 60.7 Å². The first kappa shape index (κ1) is 22.1. The number of aliphatic hydroxyl groups is 1. The zero-order valence-corrected chi connectivity index (χ0v) is 19.4.